The number of imidazole rings is 1. The summed E-state index contributed by atoms with van der Waals surface area (Å²) < 4.78 is 0. The highest BCUT2D eigenvalue weighted by Gasteiger charge is 2.23. The van der Waals surface area contributed by atoms with Crippen molar-refractivity contribution in [1.82, 2.24) is 25.2 Å². The number of nitrogens with zero attached hydrogens (tertiary/aromatic N) is 3. The number of pyridine rings is 1. The molecule has 32 heavy (non-hydrogen) atoms. The largest absolute Gasteiger partial charge is 0.379 e. The maximum atomic E-state index is 11.5. The molecule has 4 rings (SSSR count). The Kier molecular flexibility index (Phi) is 6.96. The van der Waals surface area contributed by atoms with E-state index in [1.165, 1.54) is 0 Å². The van der Waals surface area contributed by atoms with Gasteiger partial charge in [0.15, 0.2) is 5.65 Å². The number of rotatable bonds is 7. The number of amides is 1. The Labute approximate surface area is 194 Å². The standard InChI is InChI=1S/C24H31ClN6O/c1-15(2)31-12-10-18(11-13-31)28-21-19(25)14-27-24-22(21)29-23(30-24)17-7-4-16(5-8-17)6-9-20(32)26-3/h4-5,7-8,14-15,18H,6,9-13H2,1-3H3,(H,26,32)(H2,27,28,29,30). The average Bonchev–Trinajstić information content (AvgIpc) is 3.24. The number of carbonyl (C=O) groups excluding carboxylic acids is 1. The lowest BCUT2D eigenvalue weighted by Crippen LogP contribution is -2.42. The first kappa shape index (κ1) is 22.6. The Bertz CT molecular complexity index is 1070. The number of aromatic amines is 1. The molecule has 0 bridgehead atoms. The molecular weight excluding hydrogens is 424 g/mol. The Hall–Kier alpha value is -2.64. The fourth-order valence-electron chi connectivity index (χ4n) is 4.19. The van der Waals surface area contributed by atoms with E-state index in [9.17, 15) is 4.79 Å². The minimum atomic E-state index is 0.0456. The second-order valence-electron chi connectivity index (χ2n) is 8.68. The normalized spacial score (nSPS) is 15.4. The number of carbonyl (C=O) groups is 1. The van der Waals surface area contributed by atoms with Gasteiger partial charge in [0.2, 0.25) is 5.91 Å². The summed E-state index contributed by atoms with van der Waals surface area (Å²) in [6.45, 7) is 6.67. The van der Waals surface area contributed by atoms with E-state index in [1.807, 2.05) is 24.3 Å². The van der Waals surface area contributed by atoms with Crippen LogP contribution in [0.4, 0.5) is 5.69 Å². The Morgan fingerprint density at radius 3 is 2.62 bits per heavy atom. The maximum absolute atomic E-state index is 11.5. The fraction of sp³-hybridized carbons (Fsp3) is 0.458. The zero-order valence-corrected chi connectivity index (χ0v) is 19.7. The molecule has 3 heterocycles. The van der Waals surface area contributed by atoms with Crippen LogP contribution in [0.3, 0.4) is 0 Å². The van der Waals surface area contributed by atoms with Crippen molar-refractivity contribution in [1.29, 1.82) is 0 Å². The summed E-state index contributed by atoms with van der Waals surface area (Å²) in [6.07, 6.45) is 5.02. The first-order valence-corrected chi connectivity index (χ1v) is 11.7. The number of likely N-dealkylation sites (tertiary alicyclic amines) is 1. The van der Waals surface area contributed by atoms with Crippen molar-refractivity contribution in [3.8, 4) is 11.4 Å². The van der Waals surface area contributed by atoms with E-state index in [2.05, 4.69) is 39.3 Å². The number of hydrogen-bond donors (Lipinski definition) is 3. The molecule has 0 radical (unpaired) electrons. The molecule has 8 heteroatoms. The minimum Gasteiger partial charge on any atom is -0.379 e. The van der Waals surface area contributed by atoms with Crippen molar-refractivity contribution >= 4 is 34.4 Å². The Morgan fingerprint density at radius 2 is 1.97 bits per heavy atom. The number of aromatic nitrogens is 3. The highest BCUT2D eigenvalue weighted by atomic mass is 35.5. The van der Waals surface area contributed by atoms with E-state index in [-0.39, 0.29) is 5.91 Å². The van der Waals surface area contributed by atoms with Crippen LogP contribution in [0.2, 0.25) is 5.02 Å². The van der Waals surface area contributed by atoms with Gasteiger partial charge in [0.05, 0.1) is 16.9 Å². The third-order valence-corrected chi connectivity index (χ3v) is 6.52. The first-order chi connectivity index (χ1) is 15.4. The number of benzene rings is 1. The van der Waals surface area contributed by atoms with Crippen LogP contribution in [0.15, 0.2) is 30.5 Å². The quantitative estimate of drug-likeness (QED) is 0.497. The molecule has 1 fully saturated rings. The zero-order valence-electron chi connectivity index (χ0n) is 18.9. The van der Waals surface area contributed by atoms with Crippen molar-refractivity contribution in [2.75, 3.05) is 25.5 Å². The molecule has 170 valence electrons. The van der Waals surface area contributed by atoms with Crippen LogP contribution >= 0.6 is 11.6 Å². The molecule has 7 nitrogen and oxygen atoms in total. The van der Waals surface area contributed by atoms with Gasteiger partial charge in [-0.1, -0.05) is 35.9 Å². The Balaban J connectivity index is 1.51. The van der Waals surface area contributed by atoms with Crippen LogP contribution in [-0.4, -0.2) is 58.0 Å². The molecule has 0 unspecified atom stereocenters. The van der Waals surface area contributed by atoms with Gasteiger partial charge >= 0.3 is 0 Å². The third kappa shape index (κ3) is 5.05. The molecule has 1 aromatic carbocycles. The van der Waals surface area contributed by atoms with Gasteiger partial charge in [-0.05, 0) is 38.7 Å². The summed E-state index contributed by atoms with van der Waals surface area (Å²) in [5, 5.41) is 6.90. The van der Waals surface area contributed by atoms with Gasteiger partial charge < -0.3 is 20.5 Å². The number of fused-ring (bicyclic) bond motifs is 1. The molecule has 0 spiro atoms. The number of nitrogens with one attached hydrogen (secondary N) is 3. The number of halogens is 1. The van der Waals surface area contributed by atoms with E-state index in [0.29, 0.717) is 35.6 Å². The van der Waals surface area contributed by atoms with Gasteiger partial charge in [-0.15, -0.1) is 0 Å². The van der Waals surface area contributed by atoms with E-state index < -0.39 is 0 Å². The molecule has 3 N–H and O–H groups in total. The lowest BCUT2D eigenvalue weighted by molar-refractivity contribution is -0.120. The summed E-state index contributed by atoms with van der Waals surface area (Å²) in [7, 11) is 1.66. The van der Waals surface area contributed by atoms with Gasteiger partial charge in [0.25, 0.3) is 0 Å². The second-order valence-corrected chi connectivity index (χ2v) is 9.09. The highest BCUT2D eigenvalue weighted by Crippen LogP contribution is 2.32. The van der Waals surface area contributed by atoms with E-state index >= 15 is 0 Å². The number of anilines is 1. The summed E-state index contributed by atoms with van der Waals surface area (Å²) in [5.74, 6) is 0.800. The van der Waals surface area contributed by atoms with Crippen molar-refractivity contribution in [3.05, 3.63) is 41.0 Å². The van der Waals surface area contributed by atoms with Crippen molar-refractivity contribution in [2.45, 2.75) is 51.6 Å². The van der Waals surface area contributed by atoms with Gasteiger partial charge in [-0.3, -0.25) is 4.79 Å². The Morgan fingerprint density at radius 1 is 1.25 bits per heavy atom. The molecule has 3 aromatic rings. The van der Waals surface area contributed by atoms with Crippen LogP contribution in [0.1, 0.15) is 38.7 Å². The highest BCUT2D eigenvalue weighted by molar-refractivity contribution is 6.34. The molecule has 1 aliphatic rings. The van der Waals surface area contributed by atoms with Crippen molar-refractivity contribution in [2.24, 2.45) is 0 Å². The molecule has 2 aromatic heterocycles. The minimum absolute atomic E-state index is 0.0456. The molecule has 1 amide bonds. The topological polar surface area (TPSA) is 85.9 Å². The summed E-state index contributed by atoms with van der Waals surface area (Å²) in [4.78, 5) is 26.5. The van der Waals surface area contributed by atoms with Crippen molar-refractivity contribution in [3.63, 3.8) is 0 Å². The first-order valence-electron chi connectivity index (χ1n) is 11.3. The monoisotopic (exact) mass is 454 g/mol. The lowest BCUT2D eigenvalue weighted by Gasteiger charge is -2.35. The SMILES string of the molecule is CNC(=O)CCc1ccc(-c2nc3ncc(Cl)c(NC4CCN(C(C)C)CC4)c3[nH]2)cc1. The number of piperidine rings is 1. The smallest absolute Gasteiger partial charge is 0.220 e. The predicted octanol–water partition coefficient (Wildman–Crippen LogP) is 4.24. The van der Waals surface area contributed by atoms with Gasteiger partial charge in [0, 0.05) is 44.2 Å². The predicted molar refractivity (Wildman–Crippen MR) is 130 cm³/mol. The molecule has 1 saturated heterocycles. The molecular formula is C24H31ClN6O. The van der Waals surface area contributed by atoms with E-state index in [0.717, 1.165) is 54.1 Å². The number of H-pyrrole nitrogens is 1. The van der Waals surface area contributed by atoms with Gasteiger partial charge in [-0.2, -0.15) is 0 Å². The van der Waals surface area contributed by atoms with E-state index in [4.69, 9.17) is 16.6 Å². The van der Waals surface area contributed by atoms with E-state index in [1.54, 1.807) is 13.2 Å². The van der Waals surface area contributed by atoms with Crippen molar-refractivity contribution < 1.29 is 4.79 Å². The lowest BCUT2D eigenvalue weighted by atomic mass is 10.0. The number of hydrogen-bond acceptors (Lipinski definition) is 5. The van der Waals surface area contributed by atoms with Crippen LogP contribution in [-0.2, 0) is 11.2 Å². The van der Waals surface area contributed by atoms with Gasteiger partial charge in [-0.25, -0.2) is 9.97 Å². The van der Waals surface area contributed by atoms with Crippen LogP contribution in [0, 0.1) is 0 Å². The third-order valence-electron chi connectivity index (χ3n) is 6.23. The molecule has 0 saturated carbocycles. The molecule has 0 aliphatic carbocycles. The van der Waals surface area contributed by atoms with Crippen LogP contribution in [0.5, 0.6) is 0 Å². The zero-order chi connectivity index (χ0) is 22.7. The number of aryl methyl sites for hydroxylation is 1. The summed E-state index contributed by atoms with van der Waals surface area (Å²) >= 11 is 6.53. The van der Waals surface area contributed by atoms with Crippen LogP contribution in [0.25, 0.3) is 22.6 Å². The average molecular weight is 455 g/mol. The second kappa shape index (κ2) is 9.88. The summed E-state index contributed by atoms with van der Waals surface area (Å²) in [6, 6.07) is 9.07. The van der Waals surface area contributed by atoms with Crippen LogP contribution < -0.4 is 10.6 Å². The molecule has 1 aliphatic heterocycles. The summed E-state index contributed by atoms with van der Waals surface area (Å²) in [5.41, 5.74) is 4.45. The maximum Gasteiger partial charge on any atom is 0.220 e. The fourth-order valence-corrected chi connectivity index (χ4v) is 4.39. The molecule has 0 atom stereocenters. The van der Waals surface area contributed by atoms with Gasteiger partial charge in [0.1, 0.15) is 11.3 Å².